The molecule has 1 fully saturated rings. The van der Waals surface area contributed by atoms with Crippen molar-refractivity contribution < 1.29 is 17.6 Å². The Labute approximate surface area is 96.8 Å². The predicted molar refractivity (Wildman–Crippen MR) is 56.0 cm³/mol. The van der Waals surface area contributed by atoms with Gasteiger partial charge in [0.15, 0.2) is 0 Å². The summed E-state index contributed by atoms with van der Waals surface area (Å²) in [5.74, 6) is -0.358. The van der Waals surface area contributed by atoms with E-state index in [1.807, 2.05) is 0 Å². The zero-order chi connectivity index (χ0) is 12.5. The number of halogens is 4. The van der Waals surface area contributed by atoms with E-state index in [0.29, 0.717) is 12.8 Å². The third kappa shape index (κ3) is 3.43. The van der Waals surface area contributed by atoms with E-state index in [9.17, 15) is 17.6 Å². The molecule has 0 radical (unpaired) electrons. The molecule has 0 saturated carbocycles. The molecule has 1 saturated heterocycles. The van der Waals surface area contributed by atoms with Gasteiger partial charge in [-0.1, -0.05) is 12.1 Å². The molecule has 1 nitrogen and oxygen atoms in total. The summed E-state index contributed by atoms with van der Waals surface area (Å²) in [6.07, 6.45) is -3.88. The van der Waals surface area contributed by atoms with Gasteiger partial charge in [0.25, 0.3) is 0 Å². The fourth-order valence-electron chi connectivity index (χ4n) is 2.25. The first-order valence-electron chi connectivity index (χ1n) is 5.52. The lowest BCUT2D eigenvalue weighted by Crippen LogP contribution is -2.29. The Balaban J connectivity index is 1.98. The van der Waals surface area contributed by atoms with E-state index in [-0.39, 0.29) is 11.9 Å². The highest BCUT2D eigenvalue weighted by atomic mass is 19.4. The number of benzene rings is 1. The molecule has 1 aliphatic rings. The van der Waals surface area contributed by atoms with E-state index in [2.05, 4.69) is 5.32 Å². The van der Waals surface area contributed by atoms with Crippen molar-refractivity contribution in [3.05, 3.63) is 35.6 Å². The van der Waals surface area contributed by atoms with Crippen LogP contribution in [0.2, 0.25) is 0 Å². The Morgan fingerprint density at radius 1 is 1.24 bits per heavy atom. The van der Waals surface area contributed by atoms with Crippen LogP contribution in [0.25, 0.3) is 0 Å². The van der Waals surface area contributed by atoms with Crippen LogP contribution in [0.3, 0.4) is 0 Å². The van der Waals surface area contributed by atoms with Gasteiger partial charge in [-0.25, -0.2) is 4.39 Å². The SMILES string of the molecule is Fc1cccc([C@@H]2CC[C@H](CC(F)(F)F)N2)c1. The minimum absolute atomic E-state index is 0.168. The van der Waals surface area contributed by atoms with Gasteiger partial charge >= 0.3 is 6.18 Å². The molecule has 1 aromatic rings. The predicted octanol–water partition coefficient (Wildman–Crippen LogP) is 3.57. The number of hydrogen-bond donors (Lipinski definition) is 1. The number of hydrogen-bond acceptors (Lipinski definition) is 1. The molecule has 0 aromatic heterocycles. The molecular weight excluding hydrogens is 234 g/mol. The van der Waals surface area contributed by atoms with Gasteiger partial charge in [0.05, 0.1) is 6.42 Å². The number of rotatable bonds is 2. The first-order chi connectivity index (χ1) is 7.94. The first kappa shape index (κ1) is 12.4. The van der Waals surface area contributed by atoms with E-state index >= 15 is 0 Å². The van der Waals surface area contributed by atoms with Crippen LogP contribution in [0.4, 0.5) is 17.6 Å². The maximum Gasteiger partial charge on any atom is 0.390 e. The zero-order valence-corrected chi connectivity index (χ0v) is 9.10. The Bertz CT molecular complexity index is 388. The molecule has 1 aromatic carbocycles. The minimum Gasteiger partial charge on any atom is -0.307 e. The van der Waals surface area contributed by atoms with Crippen LogP contribution < -0.4 is 5.32 Å². The number of nitrogens with one attached hydrogen (secondary N) is 1. The van der Waals surface area contributed by atoms with Crippen molar-refractivity contribution in [2.75, 3.05) is 0 Å². The van der Waals surface area contributed by atoms with Crippen molar-refractivity contribution in [3.63, 3.8) is 0 Å². The van der Waals surface area contributed by atoms with Gasteiger partial charge < -0.3 is 5.32 Å². The highest BCUT2D eigenvalue weighted by Crippen LogP contribution is 2.32. The minimum atomic E-state index is -4.14. The molecule has 1 aliphatic heterocycles. The lowest BCUT2D eigenvalue weighted by Gasteiger charge is -2.16. The Morgan fingerprint density at radius 2 is 2.00 bits per heavy atom. The van der Waals surface area contributed by atoms with E-state index < -0.39 is 18.6 Å². The Morgan fingerprint density at radius 3 is 2.65 bits per heavy atom. The maximum atomic E-state index is 13.0. The second-order valence-electron chi connectivity index (χ2n) is 4.37. The van der Waals surface area contributed by atoms with E-state index in [4.69, 9.17) is 0 Å². The summed E-state index contributed by atoms with van der Waals surface area (Å²) in [5, 5.41) is 2.90. The fraction of sp³-hybridized carbons (Fsp3) is 0.500. The summed E-state index contributed by atoms with van der Waals surface area (Å²) in [4.78, 5) is 0. The molecular formula is C12H13F4N. The van der Waals surface area contributed by atoms with Crippen molar-refractivity contribution in [2.24, 2.45) is 0 Å². The molecule has 0 bridgehead atoms. The average molecular weight is 247 g/mol. The molecule has 2 rings (SSSR count). The Hall–Kier alpha value is -1.10. The largest absolute Gasteiger partial charge is 0.390 e. The monoisotopic (exact) mass is 247 g/mol. The standard InChI is InChI=1S/C12H13F4N/c13-9-3-1-2-8(6-9)11-5-4-10(17-11)7-12(14,15)16/h1-3,6,10-11,17H,4-5,7H2/t10-,11+/m1/s1. The zero-order valence-electron chi connectivity index (χ0n) is 9.10. The van der Waals surface area contributed by atoms with E-state index in [1.54, 1.807) is 12.1 Å². The second-order valence-corrected chi connectivity index (χ2v) is 4.37. The van der Waals surface area contributed by atoms with Crippen LogP contribution in [-0.2, 0) is 0 Å². The van der Waals surface area contributed by atoms with Crippen molar-refractivity contribution >= 4 is 0 Å². The van der Waals surface area contributed by atoms with Crippen LogP contribution in [0.15, 0.2) is 24.3 Å². The quantitative estimate of drug-likeness (QED) is 0.788. The van der Waals surface area contributed by atoms with Crippen LogP contribution in [-0.4, -0.2) is 12.2 Å². The highest BCUT2D eigenvalue weighted by Gasteiger charge is 2.35. The van der Waals surface area contributed by atoms with E-state index in [1.165, 1.54) is 12.1 Å². The van der Waals surface area contributed by atoms with Crippen molar-refractivity contribution in [1.82, 2.24) is 5.32 Å². The smallest absolute Gasteiger partial charge is 0.307 e. The third-order valence-electron chi connectivity index (χ3n) is 2.97. The van der Waals surface area contributed by atoms with Crippen molar-refractivity contribution in [3.8, 4) is 0 Å². The van der Waals surface area contributed by atoms with Crippen LogP contribution in [0.1, 0.15) is 30.9 Å². The van der Waals surface area contributed by atoms with Gasteiger partial charge in [-0.3, -0.25) is 0 Å². The molecule has 2 atom stereocenters. The molecule has 5 heteroatoms. The van der Waals surface area contributed by atoms with Crippen LogP contribution in [0, 0.1) is 5.82 Å². The third-order valence-corrected chi connectivity index (χ3v) is 2.97. The summed E-state index contributed by atoms with van der Waals surface area (Å²) in [7, 11) is 0. The normalized spacial score (nSPS) is 25.2. The van der Waals surface area contributed by atoms with Gasteiger partial charge in [-0.2, -0.15) is 13.2 Å². The lowest BCUT2D eigenvalue weighted by molar-refractivity contribution is -0.139. The molecule has 0 spiro atoms. The van der Waals surface area contributed by atoms with E-state index in [0.717, 1.165) is 5.56 Å². The van der Waals surface area contributed by atoms with Gasteiger partial charge in [-0.15, -0.1) is 0 Å². The molecule has 0 aliphatic carbocycles. The van der Waals surface area contributed by atoms with Crippen molar-refractivity contribution in [2.45, 2.75) is 37.5 Å². The van der Waals surface area contributed by atoms with Gasteiger partial charge in [0.1, 0.15) is 5.82 Å². The van der Waals surface area contributed by atoms with Gasteiger partial charge in [0.2, 0.25) is 0 Å². The summed E-state index contributed by atoms with van der Waals surface area (Å²) in [6, 6.07) is 5.28. The number of alkyl halides is 3. The summed E-state index contributed by atoms with van der Waals surface area (Å²) in [6.45, 7) is 0. The molecule has 1 N–H and O–H groups in total. The molecule has 17 heavy (non-hydrogen) atoms. The van der Waals surface area contributed by atoms with Gasteiger partial charge in [0, 0.05) is 12.1 Å². The summed E-state index contributed by atoms with van der Waals surface area (Å²) in [5.41, 5.74) is 0.717. The Kier molecular flexibility index (Phi) is 3.38. The second kappa shape index (κ2) is 4.64. The maximum absolute atomic E-state index is 13.0. The first-order valence-corrected chi connectivity index (χ1v) is 5.52. The molecule has 1 heterocycles. The lowest BCUT2D eigenvalue weighted by atomic mass is 10.1. The van der Waals surface area contributed by atoms with Crippen LogP contribution in [0.5, 0.6) is 0 Å². The molecule has 0 amide bonds. The average Bonchev–Trinajstić information content (AvgIpc) is 2.63. The molecule has 0 unspecified atom stereocenters. The highest BCUT2D eigenvalue weighted by molar-refractivity contribution is 5.21. The van der Waals surface area contributed by atoms with Gasteiger partial charge in [-0.05, 0) is 30.5 Å². The summed E-state index contributed by atoms with van der Waals surface area (Å²) >= 11 is 0. The molecule has 94 valence electrons. The van der Waals surface area contributed by atoms with Crippen molar-refractivity contribution in [1.29, 1.82) is 0 Å². The topological polar surface area (TPSA) is 12.0 Å². The van der Waals surface area contributed by atoms with Crippen LogP contribution >= 0.6 is 0 Å². The summed E-state index contributed by atoms with van der Waals surface area (Å²) < 4.78 is 49.6. The fourth-order valence-corrected chi connectivity index (χ4v) is 2.25.